The summed E-state index contributed by atoms with van der Waals surface area (Å²) < 4.78 is 25.6. The van der Waals surface area contributed by atoms with E-state index in [1.807, 2.05) is 11.6 Å². The van der Waals surface area contributed by atoms with Gasteiger partial charge in [-0.2, -0.15) is 0 Å². The van der Waals surface area contributed by atoms with E-state index in [-0.39, 0.29) is 4.90 Å². The van der Waals surface area contributed by atoms with Gasteiger partial charge < -0.3 is 11.1 Å². The van der Waals surface area contributed by atoms with E-state index in [4.69, 9.17) is 5.73 Å². The first kappa shape index (κ1) is 15.3. The first-order valence-electron chi connectivity index (χ1n) is 6.12. The summed E-state index contributed by atoms with van der Waals surface area (Å²) in [7, 11) is -3.84. The zero-order valence-electron chi connectivity index (χ0n) is 10.8. The monoisotopic (exact) mass is 285 g/mol. The van der Waals surface area contributed by atoms with Crippen LogP contribution in [0.25, 0.3) is 0 Å². The van der Waals surface area contributed by atoms with Crippen LogP contribution < -0.4 is 15.8 Å². The van der Waals surface area contributed by atoms with Crippen molar-refractivity contribution >= 4 is 21.7 Å². The van der Waals surface area contributed by atoms with Crippen LogP contribution in [0.15, 0.2) is 29.2 Å². The molecule has 0 fully saturated rings. The predicted octanol–water partition coefficient (Wildman–Crippen LogP) is 1.45. The van der Waals surface area contributed by atoms with Gasteiger partial charge in [0.15, 0.2) is 0 Å². The average molecular weight is 285 g/mol. The van der Waals surface area contributed by atoms with Crippen molar-refractivity contribution in [2.75, 3.05) is 12.3 Å². The summed E-state index contributed by atoms with van der Waals surface area (Å²) >= 11 is 0. The van der Waals surface area contributed by atoms with Crippen LogP contribution in [0.4, 0.5) is 10.5 Å². The highest BCUT2D eigenvalue weighted by atomic mass is 32.2. The largest absolute Gasteiger partial charge is 0.399 e. The minimum absolute atomic E-state index is 0.00501. The van der Waals surface area contributed by atoms with E-state index in [0.29, 0.717) is 12.2 Å². The number of anilines is 1. The maximum Gasteiger partial charge on any atom is 0.328 e. The standard InChI is InChI=1S/C12H19N3O3S/c1-2-3-4-9-14-12(16)15-19(17,18)11-7-5-10(13)6-8-11/h5-8H,2-4,9,13H2,1H3,(H2,14,15,16). The van der Waals surface area contributed by atoms with Gasteiger partial charge in [0.05, 0.1) is 4.90 Å². The third-order valence-electron chi connectivity index (χ3n) is 2.48. The Morgan fingerprint density at radius 1 is 1.21 bits per heavy atom. The van der Waals surface area contributed by atoms with E-state index in [2.05, 4.69) is 5.32 Å². The molecule has 0 spiro atoms. The number of benzene rings is 1. The molecule has 1 aromatic rings. The van der Waals surface area contributed by atoms with Gasteiger partial charge in [0.1, 0.15) is 0 Å². The van der Waals surface area contributed by atoms with Crippen LogP contribution in [0.2, 0.25) is 0 Å². The maximum absolute atomic E-state index is 11.8. The maximum atomic E-state index is 11.8. The Hall–Kier alpha value is -1.76. The normalized spacial score (nSPS) is 11.0. The number of carbonyl (C=O) groups is 1. The van der Waals surface area contributed by atoms with Crippen LogP contribution in [-0.4, -0.2) is 21.0 Å². The number of rotatable bonds is 6. The predicted molar refractivity (Wildman–Crippen MR) is 74.1 cm³/mol. The molecule has 0 atom stereocenters. The zero-order valence-corrected chi connectivity index (χ0v) is 11.7. The first-order valence-corrected chi connectivity index (χ1v) is 7.60. The van der Waals surface area contributed by atoms with Gasteiger partial charge in [-0.3, -0.25) is 0 Å². The Kier molecular flexibility index (Phi) is 5.62. The fourth-order valence-electron chi connectivity index (χ4n) is 1.44. The van der Waals surface area contributed by atoms with E-state index in [1.54, 1.807) is 0 Å². The van der Waals surface area contributed by atoms with Gasteiger partial charge in [-0.15, -0.1) is 0 Å². The Bertz CT molecular complexity index is 512. The van der Waals surface area contributed by atoms with Crippen LogP contribution >= 0.6 is 0 Å². The molecular weight excluding hydrogens is 266 g/mol. The van der Waals surface area contributed by atoms with Crippen LogP contribution in [-0.2, 0) is 10.0 Å². The smallest absolute Gasteiger partial charge is 0.328 e. The van der Waals surface area contributed by atoms with Gasteiger partial charge >= 0.3 is 6.03 Å². The van der Waals surface area contributed by atoms with Gasteiger partial charge in [0, 0.05) is 12.2 Å². The summed E-state index contributed by atoms with van der Waals surface area (Å²) in [5.74, 6) is 0. The highest BCUT2D eigenvalue weighted by molar-refractivity contribution is 7.90. The van der Waals surface area contributed by atoms with Gasteiger partial charge in [-0.1, -0.05) is 19.8 Å². The molecule has 0 saturated heterocycles. The molecule has 4 N–H and O–H groups in total. The fraction of sp³-hybridized carbons (Fsp3) is 0.417. The molecule has 0 saturated carbocycles. The molecule has 1 rings (SSSR count). The lowest BCUT2D eigenvalue weighted by atomic mass is 10.2. The molecule has 0 radical (unpaired) electrons. The third-order valence-corrected chi connectivity index (χ3v) is 3.83. The molecule has 0 aliphatic rings. The lowest BCUT2D eigenvalue weighted by Crippen LogP contribution is -2.39. The number of amides is 2. The number of hydrogen-bond acceptors (Lipinski definition) is 4. The molecule has 0 aromatic heterocycles. The minimum Gasteiger partial charge on any atom is -0.399 e. The molecular formula is C12H19N3O3S. The summed E-state index contributed by atoms with van der Waals surface area (Å²) in [5.41, 5.74) is 5.93. The fourth-order valence-corrected chi connectivity index (χ4v) is 2.37. The van der Waals surface area contributed by atoms with Crippen LogP contribution in [0.1, 0.15) is 26.2 Å². The number of nitrogen functional groups attached to an aromatic ring is 1. The SMILES string of the molecule is CCCCCNC(=O)NS(=O)(=O)c1ccc(N)cc1. The molecule has 6 nitrogen and oxygen atoms in total. The van der Waals surface area contributed by atoms with Gasteiger partial charge in [-0.25, -0.2) is 17.9 Å². The molecule has 106 valence electrons. The summed E-state index contributed by atoms with van der Waals surface area (Å²) in [6, 6.07) is 4.92. The van der Waals surface area contributed by atoms with Crippen LogP contribution in [0.5, 0.6) is 0 Å². The number of sulfonamides is 1. The lowest BCUT2D eigenvalue weighted by Gasteiger charge is -2.08. The quantitative estimate of drug-likeness (QED) is 0.544. The Morgan fingerprint density at radius 3 is 2.42 bits per heavy atom. The van der Waals surface area contributed by atoms with Crippen molar-refractivity contribution in [2.45, 2.75) is 31.1 Å². The first-order chi connectivity index (χ1) is 8.95. The van der Waals surface area contributed by atoms with Gasteiger partial charge in [0.25, 0.3) is 10.0 Å². The summed E-state index contributed by atoms with van der Waals surface area (Å²) in [6.45, 7) is 2.50. The zero-order chi connectivity index (χ0) is 14.3. The summed E-state index contributed by atoms with van der Waals surface area (Å²) in [4.78, 5) is 11.4. The van der Waals surface area contributed by atoms with Gasteiger partial charge in [-0.05, 0) is 30.7 Å². The van der Waals surface area contributed by atoms with Crippen LogP contribution in [0, 0.1) is 0 Å². The number of carbonyl (C=O) groups excluding carboxylic acids is 1. The second kappa shape index (κ2) is 6.98. The average Bonchev–Trinajstić information content (AvgIpc) is 2.34. The number of nitrogens with two attached hydrogens (primary N) is 1. The van der Waals surface area contributed by atoms with Crippen molar-refractivity contribution in [3.8, 4) is 0 Å². The van der Waals surface area contributed by atoms with E-state index < -0.39 is 16.1 Å². The molecule has 0 unspecified atom stereocenters. The van der Waals surface area contributed by atoms with Crippen molar-refractivity contribution in [3.05, 3.63) is 24.3 Å². The van der Waals surface area contributed by atoms with Crippen molar-refractivity contribution in [2.24, 2.45) is 0 Å². The lowest BCUT2D eigenvalue weighted by molar-refractivity contribution is 0.245. The van der Waals surface area contributed by atoms with Crippen molar-refractivity contribution in [1.82, 2.24) is 10.0 Å². The Labute approximate surface area is 113 Å². The minimum atomic E-state index is -3.84. The number of urea groups is 1. The molecule has 0 aliphatic heterocycles. The molecule has 2 amide bonds. The number of hydrogen-bond donors (Lipinski definition) is 3. The van der Waals surface area contributed by atoms with E-state index in [1.165, 1.54) is 24.3 Å². The molecule has 7 heteroatoms. The van der Waals surface area contributed by atoms with Crippen LogP contribution in [0.3, 0.4) is 0 Å². The molecule has 19 heavy (non-hydrogen) atoms. The van der Waals surface area contributed by atoms with E-state index in [9.17, 15) is 13.2 Å². The van der Waals surface area contributed by atoms with Gasteiger partial charge in [0.2, 0.25) is 0 Å². The molecule has 0 aliphatic carbocycles. The highest BCUT2D eigenvalue weighted by Crippen LogP contribution is 2.11. The van der Waals surface area contributed by atoms with Crippen molar-refractivity contribution in [1.29, 1.82) is 0 Å². The summed E-state index contributed by atoms with van der Waals surface area (Å²) in [5, 5.41) is 2.50. The highest BCUT2D eigenvalue weighted by Gasteiger charge is 2.16. The summed E-state index contributed by atoms with van der Waals surface area (Å²) in [6.07, 6.45) is 2.85. The number of unbranched alkanes of at least 4 members (excludes halogenated alkanes) is 2. The van der Waals surface area contributed by atoms with Crippen molar-refractivity contribution < 1.29 is 13.2 Å². The Morgan fingerprint density at radius 2 is 1.84 bits per heavy atom. The van der Waals surface area contributed by atoms with E-state index >= 15 is 0 Å². The third kappa shape index (κ3) is 5.17. The Balaban J connectivity index is 2.55. The molecule has 0 heterocycles. The number of nitrogens with one attached hydrogen (secondary N) is 2. The van der Waals surface area contributed by atoms with Crippen molar-refractivity contribution in [3.63, 3.8) is 0 Å². The second-order valence-corrected chi connectivity index (χ2v) is 5.82. The molecule has 0 bridgehead atoms. The topological polar surface area (TPSA) is 101 Å². The van der Waals surface area contributed by atoms with E-state index in [0.717, 1.165) is 19.3 Å². The second-order valence-electron chi connectivity index (χ2n) is 4.14. The molecule has 1 aromatic carbocycles.